The number of alkyl halides is 1. The number of halogens is 1. The third kappa shape index (κ3) is 2.96. The molecule has 82 valence electrons. The minimum atomic E-state index is 0.318. The molecule has 1 saturated heterocycles. The Hall–Kier alpha value is -0.530. The Kier molecular flexibility index (Phi) is 4.04. The van der Waals surface area contributed by atoms with Gasteiger partial charge in [-0.2, -0.15) is 0 Å². The van der Waals surface area contributed by atoms with Crippen LogP contribution in [0.5, 0.6) is 0 Å². The molecule has 1 aliphatic heterocycles. The molecule has 1 heterocycles. The first-order valence-electron chi connectivity index (χ1n) is 5.61. The zero-order valence-corrected chi connectivity index (χ0v) is 9.62. The van der Waals surface area contributed by atoms with Crippen molar-refractivity contribution >= 4 is 11.6 Å². The molecule has 2 heteroatoms. The third-order valence-electron chi connectivity index (χ3n) is 3.05. The molecule has 2 unspecified atom stereocenters. The van der Waals surface area contributed by atoms with Crippen molar-refractivity contribution < 1.29 is 4.74 Å². The normalized spacial score (nSPS) is 26.5. The van der Waals surface area contributed by atoms with Crippen LogP contribution in [-0.4, -0.2) is 18.6 Å². The minimum absolute atomic E-state index is 0.318. The van der Waals surface area contributed by atoms with E-state index in [0.717, 1.165) is 25.3 Å². The monoisotopic (exact) mass is 224 g/mol. The van der Waals surface area contributed by atoms with Gasteiger partial charge >= 0.3 is 0 Å². The quantitative estimate of drug-likeness (QED) is 0.717. The van der Waals surface area contributed by atoms with Crippen LogP contribution in [0, 0.1) is 5.92 Å². The van der Waals surface area contributed by atoms with Gasteiger partial charge in [-0.05, 0) is 30.7 Å². The lowest BCUT2D eigenvalue weighted by Gasteiger charge is -2.30. The number of rotatable bonds is 3. The molecule has 0 saturated carbocycles. The molecular weight excluding hydrogens is 208 g/mol. The topological polar surface area (TPSA) is 9.23 Å². The minimum Gasteiger partial charge on any atom is -0.378 e. The van der Waals surface area contributed by atoms with Gasteiger partial charge in [-0.1, -0.05) is 30.3 Å². The van der Waals surface area contributed by atoms with E-state index in [9.17, 15) is 0 Å². The SMILES string of the molecule is ClCC1CCCOC1Cc1ccccc1. The molecule has 15 heavy (non-hydrogen) atoms. The largest absolute Gasteiger partial charge is 0.378 e. The summed E-state index contributed by atoms with van der Waals surface area (Å²) in [4.78, 5) is 0. The van der Waals surface area contributed by atoms with Gasteiger partial charge in [0.1, 0.15) is 0 Å². The summed E-state index contributed by atoms with van der Waals surface area (Å²) < 4.78 is 5.80. The fraction of sp³-hybridized carbons (Fsp3) is 0.538. The van der Waals surface area contributed by atoms with E-state index in [4.69, 9.17) is 16.3 Å². The fourth-order valence-corrected chi connectivity index (χ4v) is 2.50. The van der Waals surface area contributed by atoms with Crippen LogP contribution in [0.15, 0.2) is 30.3 Å². The van der Waals surface area contributed by atoms with Crippen LogP contribution >= 0.6 is 11.6 Å². The zero-order chi connectivity index (χ0) is 10.5. The van der Waals surface area contributed by atoms with Crippen LogP contribution in [0.1, 0.15) is 18.4 Å². The maximum absolute atomic E-state index is 5.96. The Labute approximate surface area is 96.4 Å². The van der Waals surface area contributed by atoms with E-state index in [1.165, 1.54) is 12.0 Å². The van der Waals surface area contributed by atoms with Crippen LogP contribution in [0.2, 0.25) is 0 Å². The van der Waals surface area contributed by atoms with E-state index in [1.807, 2.05) is 6.07 Å². The summed E-state index contributed by atoms with van der Waals surface area (Å²) in [5, 5.41) is 0. The second-order valence-corrected chi connectivity index (χ2v) is 4.46. The summed E-state index contributed by atoms with van der Waals surface area (Å²) in [6.45, 7) is 0.894. The van der Waals surface area contributed by atoms with E-state index in [1.54, 1.807) is 0 Å². The van der Waals surface area contributed by atoms with Crippen LogP contribution in [0.3, 0.4) is 0 Å². The maximum atomic E-state index is 5.96. The molecule has 1 aliphatic rings. The molecule has 1 aromatic rings. The average Bonchev–Trinajstić information content (AvgIpc) is 2.31. The van der Waals surface area contributed by atoms with Crippen molar-refractivity contribution in [2.45, 2.75) is 25.4 Å². The van der Waals surface area contributed by atoms with E-state index in [2.05, 4.69) is 24.3 Å². The Morgan fingerprint density at radius 2 is 2.07 bits per heavy atom. The fourth-order valence-electron chi connectivity index (χ4n) is 2.15. The average molecular weight is 225 g/mol. The number of hydrogen-bond acceptors (Lipinski definition) is 1. The number of hydrogen-bond donors (Lipinski definition) is 0. The smallest absolute Gasteiger partial charge is 0.0654 e. The second-order valence-electron chi connectivity index (χ2n) is 4.16. The number of benzene rings is 1. The van der Waals surface area contributed by atoms with Gasteiger partial charge in [0, 0.05) is 12.5 Å². The van der Waals surface area contributed by atoms with Gasteiger partial charge in [0.15, 0.2) is 0 Å². The van der Waals surface area contributed by atoms with E-state index < -0.39 is 0 Å². The van der Waals surface area contributed by atoms with Crippen molar-refractivity contribution in [2.24, 2.45) is 5.92 Å². The molecule has 1 fully saturated rings. The molecule has 0 aliphatic carbocycles. The molecular formula is C13H17ClO. The predicted molar refractivity (Wildman–Crippen MR) is 63.3 cm³/mol. The van der Waals surface area contributed by atoms with Gasteiger partial charge in [0.25, 0.3) is 0 Å². The molecule has 0 radical (unpaired) electrons. The molecule has 0 amide bonds. The van der Waals surface area contributed by atoms with E-state index in [-0.39, 0.29) is 0 Å². The number of ether oxygens (including phenoxy) is 1. The summed E-state index contributed by atoms with van der Waals surface area (Å²) in [5.74, 6) is 1.25. The molecule has 0 aromatic heterocycles. The molecule has 1 aromatic carbocycles. The first-order chi connectivity index (χ1) is 7.40. The van der Waals surface area contributed by atoms with Crippen molar-refractivity contribution in [2.75, 3.05) is 12.5 Å². The van der Waals surface area contributed by atoms with Crippen molar-refractivity contribution in [1.29, 1.82) is 0 Å². The Bertz CT molecular complexity index is 286. The van der Waals surface area contributed by atoms with Crippen molar-refractivity contribution in [1.82, 2.24) is 0 Å². The molecule has 1 nitrogen and oxygen atoms in total. The van der Waals surface area contributed by atoms with Crippen LogP contribution in [0.4, 0.5) is 0 Å². The Morgan fingerprint density at radius 3 is 2.80 bits per heavy atom. The van der Waals surface area contributed by atoms with Gasteiger partial charge in [-0.3, -0.25) is 0 Å². The first-order valence-corrected chi connectivity index (χ1v) is 6.15. The standard InChI is InChI=1S/C13H17ClO/c14-10-12-7-4-8-15-13(12)9-11-5-2-1-3-6-11/h1-3,5-6,12-13H,4,7-10H2. The van der Waals surface area contributed by atoms with E-state index >= 15 is 0 Å². The van der Waals surface area contributed by atoms with Gasteiger partial charge in [0.05, 0.1) is 6.10 Å². The summed E-state index contributed by atoms with van der Waals surface area (Å²) >= 11 is 5.96. The van der Waals surface area contributed by atoms with Gasteiger partial charge < -0.3 is 4.74 Å². The molecule has 2 rings (SSSR count). The van der Waals surface area contributed by atoms with Crippen LogP contribution in [-0.2, 0) is 11.2 Å². The molecule has 0 N–H and O–H groups in total. The van der Waals surface area contributed by atoms with Gasteiger partial charge in [-0.25, -0.2) is 0 Å². The highest BCUT2D eigenvalue weighted by Gasteiger charge is 2.25. The highest BCUT2D eigenvalue weighted by atomic mass is 35.5. The van der Waals surface area contributed by atoms with Crippen LogP contribution < -0.4 is 0 Å². The highest BCUT2D eigenvalue weighted by Crippen LogP contribution is 2.24. The summed E-state index contributed by atoms with van der Waals surface area (Å²) in [6.07, 6.45) is 3.68. The molecule has 2 atom stereocenters. The van der Waals surface area contributed by atoms with E-state index in [0.29, 0.717) is 12.0 Å². The lowest BCUT2D eigenvalue weighted by Crippen LogP contribution is -2.32. The molecule has 0 bridgehead atoms. The Morgan fingerprint density at radius 1 is 1.27 bits per heavy atom. The van der Waals surface area contributed by atoms with Crippen molar-refractivity contribution in [3.05, 3.63) is 35.9 Å². The summed E-state index contributed by atoms with van der Waals surface area (Å²) in [5.41, 5.74) is 1.35. The first kappa shape index (κ1) is 11.0. The Balaban J connectivity index is 1.97. The van der Waals surface area contributed by atoms with Crippen molar-refractivity contribution in [3.8, 4) is 0 Å². The van der Waals surface area contributed by atoms with Gasteiger partial charge in [-0.15, -0.1) is 11.6 Å². The molecule has 0 spiro atoms. The summed E-state index contributed by atoms with van der Waals surface area (Å²) in [7, 11) is 0. The predicted octanol–water partition coefficient (Wildman–Crippen LogP) is 3.26. The van der Waals surface area contributed by atoms with Gasteiger partial charge in [0.2, 0.25) is 0 Å². The highest BCUT2D eigenvalue weighted by molar-refractivity contribution is 6.18. The maximum Gasteiger partial charge on any atom is 0.0654 e. The van der Waals surface area contributed by atoms with Crippen molar-refractivity contribution in [3.63, 3.8) is 0 Å². The zero-order valence-electron chi connectivity index (χ0n) is 8.86. The lowest BCUT2D eigenvalue weighted by molar-refractivity contribution is -0.0181. The van der Waals surface area contributed by atoms with Crippen LogP contribution in [0.25, 0.3) is 0 Å². The second kappa shape index (κ2) is 5.53. The lowest BCUT2D eigenvalue weighted by atomic mass is 9.91. The summed E-state index contributed by atoms with van der Waals surface area (Å²) in [6, 6.07) is 10.5. The third-order valence-corrected chi connectivity index (χ3v) is 3.45.